The van der Waals surface area contributed by atoms with Crippen molar-refractivity contribution < 1.29 is 9.21 Å². The van der Waals surface area contributed by atoms with Crippen molar-refractivity contribution in [2.24, 2.45) is 0 Å². The van der Waals surface area contributed by atoms with Crippen LogP contribution in [0.2, 0.25) is 10.0 Å². The van der Waals surface area contributed by atoms with Crippen LogP contribution in [0.5, 0.6) is 0 Å². The van der Waals surface area contributed by atoms with Crippen molar-refractivity contribution in [3.63, 3.8) is 0 Å². The van der Waals surface area contributed by atoms with E-state index in [0.717, 1.165) is 22.8 Å². The molecule has 4 rings (SSSR count). The predicted octanol–water partition coefficient (Wildman–Crippen LogP) is 3.90. The Kier molecular flexibility index (Phi) is 5.47. The zero-order chi connectivity index (χ0) is 19.5. The van der Waals surface area contributed by atoms with Gasteiger partial charge in [-0.15, -0.1) is 15.3 Å². The Morgan fingerprint density at radius 2 is 1.96 bits per heavy atom. The van der Waals surface area contributed by atoms with Crippen LogP contribution in [0.25, 0.3) is 11.0 Å². The quantitative estimate of drug-likeness (QED) is 0.459. The number of anilines is 1. The third kappa shape index (κ3) is 4.27. The van der Waals surface area contributed by atoms with Gasteiger partial charge in [0.05, 0.1) is 21.3 Å². The van der Waals surface area contributed by atoms with Gasteiger partial charge in [-0.3, -0.25) is 4.79 Å². The van der Waals surface area contributed by atoms with E-state index in [4.69, 9.17) is 27.6 Å². The minimum Gasteiger partial charge on any atom is -0.414 e. The van der Waals surface area contributed by atoms with E-state index in [1.165, 1.54) is 0 Å². The number of para-hydroxylation sites is 1. The molecule has 1 N–H and O–H groups in total. The summed E-state index contributed by atoms with van der Waals surface area (Å²) < 4.78 is 7.25. The monoisotopic (exact) mass is 434 g/mol. The highest BCUT2D eigenvalue weighted by Gasteiger charge is 2.12. The van der Waals surface area contributed by atoms with Crippen LogP contribution in [0, 0.1) is 0 Å². The Morgan fingerprint density at radius 1 is 1.11 bits per heavy atom. The predicted molar refractivity (Wildman–Crippen MR) is 107 cm³/mol. The maximum atomic E-state index is 12.1. The van der Waals surface area contributed by atoms with Crippen molar-refractivity contribution in [1.29, 1.82) is 0 Å². The van der Waals surface area contributed by atoms with Crippen LogP contribution in [-0.2, 0) is 11.3 Å². The number of hydrogen-bond donors (Lipinski definition) is 1. The van der Waals surface area contributed by atoms with E-state index in [9.17, 15) is 4.79 Å². The topological polar surface area (TPSA) is 98.7 Å². The van der Waals surface area contributed by atoms with Gasteiger partial charge in [0.15, 0.2) is 0 Å². The molecule has 28 heavy (non-hydrogen) atoms. The molecule has 0 aliphatic rings. The van der Waals surface area contributed by atoms with Gasteiger partial charge in [0, 0.05) is 5.69 Å². The Morgan fingerprint density at radius 3 is 2.82 bits per heavy atom. The number of halogens is 2. The van der Waals surface area contributed by atoms with E-state index < -0.39 is 0 Å². The zero-order valence-electron chi connectivity index (χ0n) is 14.2. The standard InChI is InChI=1S/C17H12Cl2N6O2S/c18-11-6-5-10(7-12(11)19)20-15(26)9-28-17-23-22-16(27-17)8-25-14-4-2-1-3-13(14)21-24-25/h1-7H,8-9H2,(H,20,26). The summed E-state index contributed by atoms with van der Waals surface area (Å²) in [6, 6.07) is 12.5. The summed E-state index contributed by atoms with van der Waals surface area (Å²) in [5.74, 6) is 0.252. The van der Waals surface area contributed by atoms with Crippen LogP contribution in [0.15, 0.2) is 52.1 Å². The molecule has 2 aromatic heterocycles. The van der Waals surface area contributed by atoms with E-state index in [1.807, 2.05) is 24.3 Å². The van der Waals surface area contributed by atoms with E-state index in [2.05, 4.69) is 25.8 Å². The number of carbonyl (C=O) groups is 1. The Labute approximate surface area is 173 Å². The van der Waals surface area contributed by atoms with Gasteiger partial charge in [-0.2, -0.15) is 0 Å². The smallest absolute Gasteiger partial charge is 0.277 e. The minimum absolute atomic E-state index is 0.105. The lowest BCUT2D eigenvalue weighted by molar-refractivity contribution is -0.113. The second-order valence-electron chi connectivity index (χ2n) is 5.66. The first-order valence-electron chi connectivity index (χ1n) is 8.07. The van der Waals surface area contributed by atoms with Gasteiger partial charge in [0.2, 0.25) is 11.8 Å². The summed E-state index contributed by atoms with van der Waals surface area (Å²) in [6.07, 6.45) is 0. The second-order valence-corrected chi connectivity index (χ2v) is 7.40. The largest absolute Gasteiger partial charge is 0.414 e. The van der Waals surface area contributed by atoms with Crippen molar-refractivity contribution in [3.05, 3.63) is 58.4 Å². The number of carbonyl (C=O) groups excluding carboxylic acids is 1. The van der Waals surface area contributed by atoms with E-state index in [-0.39, 0.29) is 11.7 Å². The molecule has 0 aliphatic heterocycles. The van der Waals surface area contributed by atoms with E-state index in [0.29, 0.717) is 33.4 Å². The highest BCUT2D eigenvalue weighted by atomic mass is 35.5. The Hall–Kier alpha value is -2.62. The number of hydrogen-bond acceptors (Lipinski definition) is 7. The van der Waals surface area contributed by atoms with Gasteiger partial charge in [0.1, 0.15) is 12.1 Å². The zero-order valence-corrected chi connectivity index (χ0v) is 16.5. The van der Waals surface area contributed by atoms with Gasteiger partial charge < -0.3 is 9.73 Å². The van der Waals surface area contributed by atoms with Gasteiger partial charge in [-0.1, -0.05) is 52.3 Å². The number of rotatable bonds is 6. The van der Waals surface area contributed by atoms with Crippen molar-refractivity contribution in [2.75, 3.05) is 11.1 Å². The van der Waals surface area contributed by atoms with Crippen LogP contribution < -0.4 is 5.32 Å². The number of nitrogens with zero attached hydrogens (tertiary/aromatic N) is 5. The number of thioether (sulfide) groups is 1. The molecule has 0 radical (unpaired) electrons. The number of amides is 1. The highest BCUT2D eigenvalue weighted by molar-refractivity contribution is 7.99. The van der Waals surface area contributed by atoms with Crippen LogP contribution in [0.4, 0.5) is 5.69 Å². The fourth-order valence-electron chi connectivity index (χ4n) is 2.42. The third-order valence-corrected chi connectivity index (χ3v) is 5.24. The Balaban J connectivity index is 1.34. The van der Waals surface area contributed by atoms with Crippen molar-refractivity contribution in [1.82, 2.24) is 25.2 Å². The molecule has 0 saturated carbocycles. The first kappa shape index (κ1) is 18.7. The number of benzene rings is 2. The maximum absolute atomic E-state index is 12.1. The lowest BCUT2D eigenvalue weighted by atomic mass is 10.3. The van der Waals surface area contributed by atoms with E-state index >= 15 is 0 Å². The lowest BCUT2D eigenvalue weighted by Crippen LogP contribution is -2.13. The SMILES string of the molecule is O=C(CSc1nnc(Cn2nnc3ccccc32)o1)Nc1ccc(Cl)c(Cl)c1. The van der Waals surface area contributed by atoms with Gasteiger partial charge >= 0.3 is 0 Å². The average Bonchev–Trinajstić information content (AvgIpc) is 3.31. The summed E-state index contributed by atoms with van der Waals surface area (Å²) in [6.45, 7) is 0.295. The van der Waals surface area contributed by atoms with Crippen LogP contribution in [0.3, 0.4) is 0 Å². The summed E-state index contributed by atoms with van der Waals surface area (Å²) >= 11 is 12.9. The first-order valence-corrected chi connectivity index (χ1v) is 9.81. The fraction of sp³-hybridized carbons (Fsp3) is 0.118. The highest BCUT2D eigenvalue weighted by Crippen LogP contribution is 2.25. The fourth-order valence-corrected chi connectivity index (χ4v) is 3.30. The molecule has 0 fully saturated rings. The van der Waals surface area contributed by atoms with E-state index in [1.54, 1.807) is 22.9 Å². The normalized spacial score (nSPS) is 11.1. The van der Waals surface area contributed by atoms with Crippen molar-refractivity contribution >= 4 is 57.6 Å². The molecule has 2 heterocycles. The molecule has 0 saturated heterocycles. The van der Waals surface area contributed by atoms with Gasteiger partial charge in [-0.05, 0) is 30.3 Å². The maximum Gasteiger partial charge on any atom is 0.277 e. The summed E-state index contributed by atoms with van der Waals surface area (Å²) in [4.78, 5) is 12.1. The molecular weight excluding hydrogens is 423 g/mol. The average molecular weight is 435 g/mol. The molecule has 0 atom stereocenters. The number of aromatic nitrogens is 5. The molecular formula is C17H12Cl2N6O2S. The Bertz CT molecular complexity index is 1150. The molecule has 1 amide bonds. The van der Waals surface area contributed by atoms with Gasteiger partial charge in [-0.25, -0.2) is 4.68 Å². The van der Waals surface area contributed by atoms with Crippen LogP contribution in [-0.4, -0.2) is 36.9 Å². The second kappa shape index (κ2) is 8.17. The first-order chi connectivity index (χ1) is 13.6. The molecule has 8 nitrogen and oxygen atoms in total. The number of fused-ring (bicyclic) bond motifs is 1. The molecule has 142 valence electrons. The molecule has 0 unspecified atom stereocenters. The molecule has 0 spiro atoms. The van der Waals surface area contributed by atoms with Crippen molar-refractivity contribution in [3.8, 4) is 0 Å². The summed E-state index contributed by atoms with van der Waals surface area (Å²) in [5.41, 5.74) is 2.22. The lowest BCUT2D eigenvalue weighted by Gasteiger charge is -2.05. The number of nitrogens with one attached hydrogen (secondary N) is 1. The molecule has 2 aromatic carbocycles. The summed E-state index contributed by atoms with van der Waals surface area (Å²) in [5, 5.41) is 19.9. The molecule has 11 heteroatoms. The molecule has 4 aromatic rings. The van der Waals surface area contributed by atoms with Crippen LogP contribution >= 0.6 is 35.0 Å². The molecule has 0 bridgehead atoms. The molecule has 0 aliphatic carbocycles. The summed E-state index contributed by atoms with van der Waals surface area (Å²) in [7, 11) is 0. The van der Waals surface area contributed by atoms with Gasteiger partial charge in [0.25, 0.3) is 5.22 Å². The third-order valence-electron chi connectivity index (χ3n) is 3.68. The van der Waals surface area contributed by atoms with Crippen molar-refractivity contribution in [2.45, 2.75) is 11.8 Å². The van der Waals surface area contributed by atoms with Crippen LogP contribution in [0.1, 0.15) is 5.89 Å². The minimum atomic E-state index is -0.231.